The average Bonchev–Trinajstić information content (AvgIpc) is 2.65. The fourth-order valence-electron chi connectivity index (χ4n) is 1.65. The quantitative estimate of drug-likeness (QED) is 0.392. The molecule has 0 aromatic carbocycles. The molecule has 0 atom stereocenters. The van der Waals surface area contributed by atoms with Crippen LogP contribution in [-0.2, 0) is 4.74 Å². The van der Waals surface area contributed by atoms with Gasteiger partial charge in [-0.05, 0) is 23.9 Å². The van der Waals surface area contributed by atoms with E-state index in [-0.39, 0.29) is 35.8 Å². The summed E-state index contributed by atoms with van der Waals surface area (Å²) in [5.41, 5.74) is -0.0326. The van der Waals surface area contributed by atoms with E-state index in [4.69, 9.17) is 24.2 Å². The number of nitriles is 1. The van der Waals surface area contributed by atoms with Crippen molar-refractivity contribution in [3.8, 4) is 28.9 Å². The molecule has 0 N–H and O–H groups in total. The van der Waals surface area contributed by atoms with Gasteiger partial charge >= 0.3 is 12.0 Å². The lowest BCUT2D eigenvalue weighted by Gasteiger charge is -2.10. The van der Waals surface area contributed by atoms with Crippen molar-refractivity contribution in [3.05, 3.63) is 30.1 Å². The zero-order valence-corrected chi connectivity index (χ0v) is 14.3. The summed E-state index contributed by atoms with van der Waals surface area (Å²) in [6, 6.07) is 4.54. The third-order valence-electron chi connectivity index (χ3n) is 2.73. The maximum absolute atomic E-state index is 12.1. The van der Waals surface area contributed by atoms with Crippen LogP contribution in [0.2, 0.25) is 0 Å². The Bertz CT molecular complexity index is 759. The number of ether oxygens (including phenoxy) is 4. The minimum Gasteiger partial charge on any atom is -0.481 e. The summed E-state index contributed by atoms with van der Waals surface area (Å²) in [6.45, 7) is 0.0799. The smallest absolute Gasteiger partial charge is 0.360 e. The zero-order valence-electron chi connectivity index (χ0n) is 13.5. The molecule has 130 valence electrons. The van der Waals surface area contributed by atoms with Crippen molar-refractivity contribution in [3.63, 3.8) is 0 Å². The van der Waals surface area contributed by atoms with Gasteiger partial charge in [0.1, 0.15) is 12.0 Å². The number of carbonyl (C=O) groups excluding carboxylic acids is 1. The summed E-state index contributed by atoms with van der Waals surface area (Å²) in [5, 5.41) is 10.3. The standard InChI is InChI=1S/C15H14N4O5S/c1-21-11-8-12(22-2)19-15(18-11)24-10-4-3-5-17-13(10)14(20)23-6-7-25-9-16/h3-5,8H,6-7H2,1-2H3. The van der Waals surface area contributed by atoms with Crippen molar-refractivity contribution in [2.45, 2.75) is 0 Å². The summed E-state index contributed by atoms with van der Waals surface area (Å²) >= 11 is 0.989. The molecule has 2 aromatic rings. The van der Waals surface area contributed by atoms with E-state index in [9.17, 15) is 4.79 Å². The molecule has 0 saturated carbocycles. The number of esters is 1. The molecular formula is C15H14N4O5S. The number of thiocyanates is 1. The van der Waals surface area contributed by atoms with Crippen LogP contribution in [0.3, 0.4) is 0 Å². The molecule has 0 aliphatic rings. The zero-order chi connectivity index (χ0) is 18.1. The van der Waals surface area contributed by atoms with Crippen LogP contribution in [0.5, 0.6) is 23.5 Å². The van der Waals surface area contributed by atoms with E-state index in [0.717, 1.165) is 11.8 Å². The molecule has 0 saturated heterocycles. The highest BCUT2D eigenvalue weighted by molar-refractivity contribution is 8.03. The molecule has 0 fully saturated rings. The topological polar surface area (TPSA) is 116 Å². The Hall–Kier alpha value is -3.06. The molecule has 9 nitrogen and oxygen atoms in total. The van der Waals surface area contributed by atoms with Crippen molar-refractivity contribution in [2.24, 2.45) is 0 Å². The minimum absolute atomic E-state index is 0.0326. The van der Waals surface area contributed by atoms with Crippen molar-refractivity contribution >= 4 is 17.7 Å². The highest BCUT2D eigenvalue weighted by atomic mass is 32.2. The van der Waals surface area contributed by atoms with Crippen LogP contribution in [0.4, 0.5) is 0 Å². The fraction of sp³-hybridized carbons (Fsp3) is 0.267. The number of aromatic nitrogens is 3. The molecule has 2 heterocycles. The molecule has 10 heteroatoms. The van der Waals surface area contributed by atoms with Gasteiger partial charge in [0, 0.05) is 11.9 Å². The minimum atomic E-state index is -0.677. The van der Waals surface area contributed by atoms with E-state index in [2.05, 4.69) is 15.0 Å². The lowest BCUT2D eigenvalue weighted by Crippen LogP contribution is -2.11. The molecule has 0 aliphatic heterocycles. The molecule has 0 radical (unpaired) electrons. The Balaban J connectivity index is 2.18. The van der Waals surface area contributed by atoms with Gasteiger partial charge in [0.2, 0.25) is 11.8 Å². The van der Waals surface area contributed by atoms with Gasteiger partial charge in [0.15, 0.2) is 11.4 Å². The van der Waals surface area contributed by atoms with Gasteiger partial charge in [0.05, 0.1) is 20.3 Å². The van der Waals surface area contributed by atoms with Gasteiger partial charge in [-0.2, -0.15) is 15.2 Å². The highest BCUT2D eigenvalue weighted by Gasteiger charge is 2.18. The SMILES string of the molecule is COc1cc(OC)nc(Oc2cccnc2C(=O)OCCSC#N)n1. The van der Waals surface area contributed by atoms with Crippen LogP contribution >= 0.6 is 11.8 Å². The summed E-state index contributed by atoms with van der Waals surface area (Å²) in [7, 11) is 2.88. The van der Waals surface area contributed by atoms with Gasteiger partial charge in [-0.1, -0.05) is 0 Å². The Labute approximate surface area is 147 Å². The Kier molecular flexibility index (Phi) is 6.79. The predicted molar refractivity (Wildman–Crippen MR) is 87.8 cm³/mol. The number of hydrogen-bond acceptors (Lipinski definition) is 10. The molecule has 0 aliphatic carbocycles. The second-order valence-electron chi connectivity index (χ2n) is 4.26. The Morgan fingerprint density at radius 1 is 1.28 bits per heavy atom. The van der Waals surface area contributed by atoms with Crippen molar-refractivity contribution in [1.82, 2.24) is 15.0 Å². The Morgan fingerprint density at radius 3 is 2.64 bits per heavy atom. The number of nitrogens with zero attached hydrogens (tertiary/aromatic N) is 4. The average molecular weight is 362 g/mol. The normalized spacial score (nSPS) is 9.80. The molecule has 2 aromatic heterocycles. The highest BCUT2D eigenvalue weighted by Crippen LogP contribution is 2.25. The van der Waals surface area contributed by atoms with E-state index < -0.39 is 5.97 Å². The first kappa shape index (κ1) is 18.3. The molecule has 0 spiro atoms. The molecule has 2 rings (SSSR count). The lowest BCUT2D eigenvalue weighted by atomic mass is 10.3. The van der Waals surface area contributed by atoms with Crippen LogP contribution in [0, 0.1) is 10.7 Å². The van der Waals surface area contributed by atoms with E-state index in [1.165, 1.54) is 32.5 Å². The number of thioether (sulfide) groups is 1. The maximum atomic E-state index is 12.1. The monoisotopic (exact) mass is 362 g/mol. The Morgan fingerprint density at radius 2 is 2.00 bits per heavy atom. The van der Waals surface area contributed by atoms with E-state index >= 15 is 0 Å². The van der Waals surface area contributed by atoms with Gasteiger partial charge in [0.25, 0.3) is 0 Å². The molecule has 0 unspecified atom stereocenters. The van der Waals surface area contributed by atoms with Crippen molar-refractivity contribution < 1.29 is 23.7 Å². The fourth-order valence-corrected chi connectivity index (χ4v) is 1.91. The lowest BCUT2D eigenvalue weighted by molar-refractivity contribution is 0.0520. The summed E-state index contributed by atoms with van der Waals surface area (Å²) in [6.07, 6.45) is 1.43. The summed E-state index contributed by atoms with van der Waals surface area (Å²) in [4.78, 5) is 24.1. The van der Waals surface area contributed by atoms with E-state index in [1.54, 1.807) is 6.07 Å². The van der Waals surface area contributed by atoms with Crippen LogP contribution in [0.1, 0.15) is 10.5 Å². The number of rotatable bonds is 8. The first-order valence-electron chi connectivity index (χ1n) is 6.96. The number of carbonyl (C=O) groups is 1. The predicted octanol–water partition coefficient (Wildman–Crippen LogP) is 2.05. The first-order chi connectivity index (χ1) is 12.2. The van der Waals surface area contributed by atoms with Crippen LogP contribution < -0.4 is 14.2 Å². The van der Waals surface area contributed by atoms with E-state index in [0.29, 0.717) is 5.75 Å². The molecular weight excluding hydrogens is 348 g/mol. The molecule has 25 heavy (non-hydrogen) atoms. The van der Waals surface area contributed by atoms with Crippen molar-refractivity contribution in [1.29, 1.82) is 5.26 Å². The number of methoxy groups -OCH3 is 2. The third kappa shape index (κ3) is 5.22. The van der Waals surface area contributed by atoms with E-state index in [1.807, 2.05) is 5.40 Å². The van der Waals surface area contributed by atoms with Crippen LogP contribution in [0.25, 0.3) is 0 Å². The second kappa shape index (κ2) is 9.29. The molecule has 0 bridgehead atoms. The number of hydrogen-bond donors (Lipinski definition) is 0. The van der Waals surface area contributed by atoms with Gasteiger partial charge in [-0.15, -0.1) is 0 Å². The maximum Gasteiger partial charge on any atom is 0.360 e. The third-order valence-corrected chi connectivity index (χ3v) is 3.23. The summed E-state index contributed by atoms with van der Waals surface area (Å²) in [5.74, 6) is 0.285. The van der Waals surface area contributed by atoms with Crippen LogP contribution in [0.15, 0.2) is 24.4 Å². The number of pyridine rings is 1. The molecule has 0 amide bonds. The van der Waals surface area contributed by atoms with Crippen molar-refractivity contribution in [2.75, 3.05) is 26.6 Å². The van der Waals surface area contributed by atoms with Gasteiger partial charge < -0.3 is 18.9 Å². The van der Waals surface area contributed by atoms with Gasteiger partial charge in [-0.3, -0.25) is 0 Å². The summed E-state index contributed by atoms with van der Waals surface area (Å²) < 4.78 is 20.7. The second-order valence-corrected chi connectivity index (χ2v) is 5.14. The first-order valence-corrected chi connectivity index (χ1v) is 7.94. The van der Waals surface area contributed by atoms with Crippen LogP contribution in [-0.4, -0.2) is 47.5 Å². The van der Waals surface area contributed by atoms with Gasteiger partial charge in [-0.25, -0.2) is 9.78 Å². The largest absolute Gasteiger partial charge is 0.481 e.